The largest absolute Gasteiger partial charge is 0.493 e. The summed E-state index contributed by atoms with van der Waals surface area (Å²) < 4.78 is 23.5. The van der Waals surface area contributed by atoms with Gasteiger partial charge in [0.1, 0.15) is 11.6 Å². The molecule has 184 valence electrons. The van der Waals surface area contributed by atoms with Gasteiger partial charge in [-0.15, -0.1) is 0 Å². The van der Waals surface area contributed by atoms with Crippen LogP contribution in [-0.2, 0) is 4.79 Å². The molecule has 2 aromatic heterocycles. The van der Waals surface area contributed by atoms with Crippen LogP contribution in [0.15, 0.2) is 67.0 Å². The minimum atomic E-state index is -0.298. The second-order valence-corrected chi connectivity index (χ2v) is 7.47. The fourth-order valence-corrected chi connectivity index (χ4v) is 3.38. The van der Waals surface area contributed by atoms with Gasteiger partial charge in [0.2, 0.25) is 17.5 Å². The van der Waals surface area contributed by atoms with Crippen LogP contribution in [0.5, 0.6) is 28.9 Å². The predicted octanol–water partition coefficient (Wildman–Crippen LogP) is 4.44. The summed E-state index contributed by atoms with van der Waals surface area (Å²) in [6.45, 7) is 1.78. The van der Waals surface area contributed by atoms with Crippen molar-refractivity contribution in [1.82, 2.24) is 19.7 Å². The molecule has 36 heavy (non-hydrogen) atoms. The third-order valence-corrected chi connectivity index (χ3v) is 5.00. The summed E-state index contributed by atoms with van der Waals surface area (Å²) in [4.78, 5) is 21.1. The number of amides is 1. The van der Waals surface area contributed by atoms with Crippen LogP contribution in [0.25, 0.3) is 11.9 Å². The van der Waals surface area contributed by atoms with Gasteiger partial charge in [0.15, 0.2) is 17.3 Å². The topological polar surface area (TPSA) is 110 Å². The molecule has 4 aromatic rings. The molecule has 0 saturated heterocycles. The molecule has 0 unspecified atom stereocenters. The fraction of sp³-hybridized carbons (Fsp3) is 0.154. The lowest BCUT2D eigenvalue weighted by Gasteiger charge is -2.12. The average molecular weight is 488 g/mol. The number of methoxy groups -OCH3 is 3. The first-order valence-corrected chi connectivity index (χ1v) is 10.9. The number of carbonyl (C=O) groups is 1. The second-order valence-electron chi connectivity index (χ2n) is 7.47. The van der Waals surface area contributed by atoms with Crippen molar-refractivity contribution >= 4 is 17.7 Å². The lowest BCUT2D eigenvalue weighted by Crippen LogP contribution is -2.07. The van der Waals surface area contributed by atoms with E-state index in [1.54, 1.807) is 72.5 Å². The van der Waals surface area contributed by atoms with Gasteiger partial charge in [-0.3, -0.25) is 4.79 Å². The van der Waals surface area contributed by atoms with Crippen molar-refractivity contribution in [3.63, 3.8) is 0 Å². The highest BCUT2D eigenvalue weighted by molar-refractivity contribution is 6.02. The molecule has 0 aliphatic carbocycles. The van der Waals surface area contributed by atoms with E-state index in [0.717, 1.165) is 5.56 Å². The molecule has 10 heteroatoms. The Balaban J connectivity index is 1.41. The van der Waals surface area contributed by atoms with Crippen molar-refractivity contribution in [3.05, 3.63) is 78.4 Å². The van der Waals surface area contributed by atoms with E-state index in [0.29, 0.717) is 46.2 Å². The van der Waals surface area contributed by atoms with E-state index < -0.39 is 0 Å². The molecule has 1 N–H and O–H groups in total. The minimum Gasteiger partial charge on any atom is -0.493 e. The normalized spacial score (nSPS) is 10.8. The van der Waals surface area contributed by atoms with Crippen molar-refractivity contribution in [2.24, 2.45) is 0 Å². The number of aryl methyl sites for hydroxylation is 1. The Kier molecular flexibility index (Phi) is 7.45. The number of nitrogens with zero attached hydrogens (tertiary/aromatic N) is 4. The molecule has 0 fully saturated rings. The minimum absolute atomic E-state index is 0.298. The van der Waals surface area contributed by atoms with Gasteiger partial charge in [-0.05, 0) is 61.0 Å². The van der Waals surface area contributed by atoms with E-state index in [1.165, 1.54) is 27.4 Å². The van der Waals surface area contributed by atoms with E-state index in [4.69, 9.17) is 18.9 Å². The third kappa shape index (κ3) is 5.79. The van der Waals surface area contributed by atoms with Gasteiger partial charge >= 0.3 is 0 Å². The maximum Gasteiger partial charge on any atom is 0.248 e. The van der Waals surface area contributed by atoms with Crippen LogP contribution >= 0.6 is 0 Å². The molecular weight excluding hydrogens is 462 g/mol. The van der Waals surface area contributed by atoms with Crippen LogP contribution in [0.1, 0.15) is 11.4 Å². The maximum absolute atomic E-state index is 12.4. The van der Waals surface area contributed by atoms with Crippen molar-refractivity contribution in [2.75, 3.05) is 26.6 Å². The summed E-state index contributed by atoms with van der Waals surface area (Å²) in [6.07, 6.45) is 6.54. The molecule has 0 spiro atoms. The van der Waals surface area contributed by atoms with Crippen molar-refractivity contribution < 1.29 is 23.7 Å². The first kappa shape index (κ1) is 24.3. The number of hydrogen-bond acceptors (Lipinski definition) is 8. The van der Waals surface area contributed by atoms with Gasteiger partial charge < -0.3 is 24.3 Å². The number of benzene rings is 2. The molecule has 2 aromatic carbocycles. The molecule has 10 nitrogen and oxygen atoms in total. The average Bonchev–Trinajstić information content (AvgIpc) is 3.43. The highest BCUT2D eigenvalue weighted by atomic mass is 16.5. The molecule has 4 rings (SSSR count). The van der Waals surface area contributed by atoms with Gasteiger partial charge in [0, 0.05) is 30.2 Å². The molecule has 0 radical (unpaired) electrons. The van der Waals surface area contributed by atoms with Crippen molar-refractivity contribution in [2.45, 2.75) is 6.92 Å². The van der Waals surface area contributed by atoms with E-state index in [2.05, 4.69) is 20.4 Å². The monoisotopic (exact) mass is 487 g/mol. The van der Waals surface area contributed by atoms with Crippen LogP contribution in [0.4, 0.5) is 5.69 Å². The predicted molar refractivity (Wildman–Crippen MR) is 134 cm³/mol. The van der Waals surface area contributed by atoms with Crippen LogP contribution in [0.3, 0.4) is 0 Å². The first-order chi connectivity index (χ1) is 17.5. The van der Waals surface area contributed by atoms with Gasteiger partial charge in [0.25, 0.3) is 0 Å². The third-order valence-electron chi connectivity index (χ3n) is 5.00. The zero-order valence-corrected chi connectivity index (χ0v) is 20.3. The Morgan fingerprint density at radius 2 is 1.69 bits per heavy atom. The smallest absolute Gasteiger partial charge is 0.248 e. The number of anilines is 1. The Bertz CT molecular complexity index is 1340. The van der Waals surface area contributed by atoms with Gasteiger partial charge in [-0.25, -0.2) is 9.67 Å². The summed E-state index contributed by atoms with van der Waals surface area (Å²) in [5, 5.41) is 7.00. The number of rotatable bonds is 9. The van der Waals surface area contributed by atoms with E-state index in [9.17, 15) is 4.79 Å². The molecule has 0 aliphatic heterocycles. The summed E-state index contributed by atoms with van der Waals surface area (Å²) in [6, 6.07) is 14.0. The standard InChI is InChI=1S/C26H25N5O5/c1-17-28-23(31-13-5-12-27-31)16-25(29-17)36-20-9-7-19(8-10-20)30-24(32)11-6-18-14-21(33-2)26(35-4)22(15-18)34-3/h5-16H,1-4H3,(H,30,32)/b11-6+. The summed E-state index contributed by atoms with van der Waals surface area (Å²) in [5.41, 5.74) is 1.33. The van der Waals surface area contributed by atoms with Crippen molar-refractivity contribution in [1.29, 1.82) is 0 Å². The zero-order chi connectivity index (χ0) is 25.5. The first-order valence-electron chi connectivity index (χ1n) is 10.9. The van der Waals surface area contributed by atoms with Crippen molar-refractivity contribution in [3.8, 4) is 34.7 Å². The number of carbonyl (C=O) groups excluding carboxylic acids is 1. The molecule has 1 amide bonds. The maximum atomic E-state index is 12.4. The molecule has 0 bridgehead atoms. The number of ether oxygens (including phenoxy) is 4. The number of aromatic nitrogens is 4. The SMILES string of the molecule is COc1cc(/C=C/C(=O)Nc2ccc(Oc3cc(-n4cccn4)nc(C)n3)cc2)cc(OC)c1OC. The lowest BCUT2D eigenvalue weighted by atomic mass is 10.1. The Morgan fingerprint density at radius 3 is 2.31 bits per heavy atom. The van der Waals surface area contributed by atoms with Crippen LogP contribution in [0.2, 0.25) is 0 Å². The summed E-state index contributed by atoms with van der Waals surface area (Å²) in [5.74, 6) is 3.30. The van der Waals surface area contributed by atoms with E-state index >= 15 is 0 Å². The van der Waals surface area contributed by atoms with Gasteiger partial charge in [-0.2, -0.15) is 10.1 Å². The van der Waals surface area contributed by atoms with E-state index in [1.807, 2.05) is 6.07 Å². The van der Waals surface area contributed by atoms with Crippen LogP contribution in [-0.4, -0.2) is 47.0 Å². The summed E-state index contributed by atoms with van der Waals surface area (Å²) >= 11 is 0. The van der Waals surface area contributed by atoms with Gasteiger partial charge in [0.05, 0.1) is 21.3 Å². The lowest BCUT2D eigenvalue weighted by molar-refractivity contribution is -0.111. The molecule has 0 saturated carbocycles. The fourth-order valence-electron chi connectivity index (χ4n) is 3.38. The second kappa shape index (κ2) is 11.0. The Morgan fingerprint density at radius 1 is 0.972 bits per heavy atom. The zero-order valence-electron chi connectivity index (χ0n) is 20.3. The van der Waals surface area contributed by atoms with Crippen LogP contribution in [0, 0.1) is 6.92 Å². The van der Waals surface area contributed by atoms with E-state index in [-0.39, 0.29) is 5.91 Å². The molecule has 2 heterocycles. The quantitative estimate of drug-likeness (QED) is 0.345. The highest BCUT2D eigenvalue weighted by Crippen LogP contribution is 2.38. The Labute approximate surface area is 208 Å². The number of nitrogens with one attached hydrogen (secondary N) is 1. The Hall–Kier alpha value is -4.86. The summed E-state index contributed by atoms with van der Waals surface area (Å²) in [7, 11) is 4.61. The van der Waals surface area contributed by atoms with Gasteiger partial charge in [-0.1, -0.05) is 0 Å². The molecule has 0 aliphatic rings. The highest BCUT2D eigenvalue weighted by Gasteiger charge is 2.12. The molecule has 0 atom stereocenters. The molecular formula is C26H25N5O5. The number of hydrogen-bond donors (Lipinski definition) is 1. The van der Waals surface area contributed by atoms with Crippen LogP contribution < -0.4 is 24.3 Å².